The third-order valence-corrected chi connectivity index (χ3v) is 6.89. The summed E-state index contributed by atoms with van der Waals surface area (Å²) in [6.07, 6.45) is -6.15. The normalized spacial score (nSPS) is 17.8. The molecule has 3 heterocycles. The highest BCUT2D eigenvalue weighted by molar-refractivity contribution is 7.17. The lowest BCUT2D eigenvalue weighted by Crippen LogP contribution is -2.39. The molecule has 1 saturated heterocycles. The van der Waals surface area contributed by atoms with E-state index in [0.29, 0.717) is 17.9 Å². The lowest BCUT2D eigenvalue weighted by Gasteiger charge is -2.21. The van der Waals surface area contributed by atoms with Crippen LogP contribution in [-0.2, 0) is 0 Å². The molecule has 3 atom stereocenters. The van der Waals surface area contributed by atoms with Crippen molar-refractivity contribution in [3.05, 3.63) is 28.5 Å². The summed E-state index contributed by atoms with van der Waals surface area (Å²) in [5.74, 6) is -1.67. The molecule has 0 aromatic carbocycles. The van der Waals surface area contributed by atoms with Gasteiger partial charge in [0, 0.05) is 29.9 Å². The minimum Gasteiger partial charge on any atom is -0.391 e. The predicted octanol–water partition coefficient (Wildman–Crippen LogP) is 4.24. The van der Waals surface area contributed by atoms with Gasteiger partial charge in [-0.05, 0) is 39.7 Å². The fourth-order valence-corrected chi connectivity index (χ4v) is 4.63. The molecule has 2 aromatic rings. The molecule has 1 aliphatic heterocycles. The number of carbonyl (C=O) groups is 2. The first kappa shape index (κ1) is 27.7. The minimum atomic E-state index is -4.58. The van der Waals surface area contributed by atoms with Crippen molar-refractivity contribution in [2.75, 3.05) is 18.4 Å². The van der Waals surface area contributed by atoms with Gasteiger partial charge in [0.05, 0.1) is 17.0 Å². The van der Waals surface area contributed by atoms with E-state index in [1.54, 1.807) is 6.92 Å². The van der Waals surface area contributed by atoms with Crippen molar-refractivity contribution in [1.82, 2.24) is 20.2 Å². The summed E-state index contributed by atoms with van der Waals surface area (Å²) in [5, 5.41) is 14.0. The highest BCUT2D eigenvalue weighted by atomic mass is 32.1. The maximum absolute atomic E-state index is 14.0. The number of alkyl halides is 5. The lowest BCUT2D eigenvalue weighted by molar-refractivity contribution is -0.115. The number of aliphatic hydroxyl groups excluding tert-OH is 1. The molecule has 0 aliphatic carbocycles. The van der Waals surface area contributed by atoms with Crippen LogP contribution in [-0.4, -0.2) is 69.2 Å². The largest absolute Gasteiger partial charge is 0.405 e. The van der Waals surface area contributed by atoms with E-state index in [0.717, 1.165) is 25.1 Å². The average molecular weight is 536 g/mol. The van der Waals surface area contributed by atoms with Crippen LogP contribution in [0.15, 0.2) is 12.3 Å². The summed E-state index contributed by atoms with van der Waals surface area (Å²) >= 11 is 0.692. The number of hydrogen-bond acceptors (Lipinski definition) is 7. The van der Waals surface area contributed by atoms with Crippen molar-refractivity contribution in [2.24, 2.45) is 0 Å². The number of halogens is 5. The van der Waals surface area contributed by atoms with Gasteiger partial charge in [-0.25, -0.2) is 18.7 Å². The van der Waals surface area contributed by atoms with Crippen LogP contribution in [0.3, 0.4) is 0 Å². The molecule has 1 aliphatic rings. The topological polar surface area (TPSA) is 107 Å². The standard InChI is InChI=1S/C22H26F5N5O3S/c1-10-5-4-6-32(10)21(35)16-17(36-20(31-16)19(34)30-11(2)12(3)33)14-8-28-15(7-13(14)18(23)24)29-9-22(25,26)27/h7-8,10-12,18,33H,4-6,9H2,1-3H3,(H,28,29)(H,30,34). The molecule has 2 amide bonds. The fourth-order valence-electron chi connectivity index (χ4n) is 3.63. The summed E-state index contributed by atoms with van der Waals surface area (Å²) in [4.78, 5) is 35.5. The number of anilines is 1. The number of likely N-dealkylation sites (tertiary alicyclic amines) is 1. The van der Waals surface area contributed by atoms with Crippen LogP contribution in [0.4, 0.5) is 27.8 Å². The third kappa shape index (κ3) is 6.46. The Balaban J connectivity index is 2.07. The molecule has 0 spiro atoms. The number of nitrogens with one attached hydrogen (secondary N) is 2. The van der Waals surface area contributed by atoms with Crippen LogP contribution < -0.4 is 10.6 Å². The van der Waals surface area contributed by atoms with Crippen LogP contribution in [0.5, 0.6) is 0 Å². The number of carbonyl (C=O) groups excluding carboxylic acids is 2. The van der Waals surface area contributed by atoms with Crippen LogP contribution in [0.2, 0.25) is 0 Å². The van der Waals surface area contributed by atoms with E-state index in [2.05, 4.69) is 15.3 Å². The Bertz CT molecular complexity index is 1110. The minimum absolute atomic E-state index is 0.0425. The summed E-state index contributed by atoms with van der Waals surface area (Å²) in [7, 11) is 0. The average Bonchev–Trinajstić information content (AvgIpc) is 3.43. The molecular weight excluding hydrogens is 509 g/mol. The van der Waals surface area contributed by atoms with Gasteiger partial charge < -0.3 is 20.6 Å². The Morgan fingerprint density at radius 2 is 2.00 bits per heavy atom. The maximum atomic E-state index is 14.0. The van der Waals surface area contributed by atoms with Crippen molar-refractivity contribution in [1.29, 1.82) is 0 Å². The van der Waals surface area contributed by atoms with Gasteiger partial charge in [-0.15, -0.1) is 11.3 Å². The molecule has 0 bridgehead atoms. The molecule has 1 fully saturated rings. The monoisotopic (exact) mass is 535 g/mol. The molecule has 0 radical (unpaired) electrons. The molecule has 36 heavy (non-hydrogen) atoms. The molecule has 14 heteroatoms. The number of thiazole rings is 1. The Labute approximate surface area is 207 Å². The SMILES string of the molecule is CC(O)C(C)NC(=O)c1nc(C(=O)N2CCCC2C)c(-c2cnc(NCC(F)(F)F)cc2C(F)F)s1. The molecule has 2 aromatic heterocycles. The quantitative estimate of drug-likeness (QED) is 0.437. The number of aromatic nitrogens is 2. The second-order valence-electron chi connectivity index (χ2n) is 8.62. The van der Waals surface area contributed by atoms with Crippen LogP contribution in [0.25, 0.3) is 10.4 Å². The van der Waals surface area contributed by atoms with Gasteiger partial charge in [-0.3, -0.25) is 9.59 Å². The molecule has 198 valence electrons. The number of nitrogens with zero attached hydrogens (tertiary/aromatic N) is 3. The van der Waals surface area contributed by atoms with Gasteiger partial charge in [0.2, 0.25) is 0 Å². The lowest BCUT2D eigenvalue weighted by atomic mass is 10.1. The van der Waals surface area contributed by atoms with E-state index in [1.165, 1.54) is 11.8 Å². The number of amides is 2. The van der Waals surface area contributed by atoms with Crippen LogP contribution in [0.1, 0.15) is 65.9 Å². The smallest absolute Gasteiger partial charge is 0.391 e. The summed E-state index contributed by atoms with van der Waals surface area (Å²) < 4.78 is 65.6. The summed E-state index contributed by atoms with van der Waals surface area (Å²) in [6, 6.07) is 0.00843. The predicted molar refractivity (Wildman–Crippen MR) is 123 cm³/mol. The first-order valence-corrected chi connectivity index (χ1v) is 12.0. The second-order valence-corrected chi connectivity index (χ2v) is 9.61. The van der Waals surface area contributed by atoms with Crippen molar-refractivity contribution >= 4 is 29.0 Å². The zero-order chi connectivity index (χ0) is 26.8. The molecule has 3 rings (SSSR count). The molecule has 8 nitrogen and oxygen atoms in total. The Morgan fingerprint density at radius 3 is 2.56 bits per heavy atom. The zero-order valence-corrected chi connectivity index (χ0v) is 20.5. The molecule has 0 saturated carbocycles. The van der Waals surface area contributed by atoms with Crippen molar-refractivity contribution in [3.8, 4) is 10.4 Å². The van der Waals surface area contributed by atoms with E-state index in [1.807, 2.05) is 12.2 Å². The number of pyridine rings is 1. The highest BCUT2D eigenvalue weighted by Gasteiger charge is 2.33. The second kappa shape index (κ2) is 11.0. The van der Waals surface area contributed by atoms with Crippen LogP contribution >= 0.6 is 11.3 Å². The summed E-state index contributed by atoms with van der Waals surface area (Å²) in [5.41, 5.74) is -1.09. The number of hydrogen-bond donors (Lipinski definition) is 3. The van der Waals surface area contributed by atoms with Crippen molar-refractivity contribution in [3.63, 3.8) is 0 Å². The molecular formula is C22H26F5N5O3S. The van der Waals surface area contributed by atoms with E-state index in [9.17, 15) is 36.6 Å². The Hall–Kier alpha value is -2.87. The van der Waals surface area contributed by atoms with Gasteiger partial charge in [0.25, 0.3) is 18.2 Å². The zero-order valence-electron chi connectivity index (χ0n) is 19.7. The Morgan fingerprint density at radius 1 is 1.31 bits per heavy atom. The van der Waals surface area contributed by atoms with E-state index in [-0.39, 0.29) is 27.2 Å². The van der Waals surface area contributed by atoms with Gasteiger partial charge in [-0.2, -0.15) is 13.2 Å². The summed E-state index contributed by atoms with van der Waals surface area (Å²) in [6.45, 7) is 3.82. The first-order chi connectivity index (χ1) is 16.8. The van der Waals surface area contributed by atoms with Crippen LogP contribution in [0, 0.1) is 0 Å². The fraction of sp³-hybridized carbons (Fsp3) is 0.545. The van der Waals surface area contributed by atoms with E-state index < -0.39 is 54.5 Å². The number of aliphatic hydroxyl groups is 1. The van der Waals surface area contributed by atoms with Crippen molar-refractivity contribution in [2.45, 2.75) is 64.4 Å². The molecule has 3 N–H and O–H groups in total. The maximum Gasteiger partial charge on any atom is 0.405 e. The van der Waals surface area contributed by atoms with E-state index >= 15 is 0 Å². The first-order valence-electron chi connectivity index (χ1n) is 11.2. The van der Waals surface area contributed by atoms with Gasteiger partial charge >= 0.3 is 6.18 Å². The van der Waals surface area contributed by atoms with Crippen molar-refractivity contribution < 1.29 is 36.6 Å². The van der Waals surface area contributed by atoms with Gasteiger partial charge in [-0.1, -0.05) is 0 Å². The Kier molecular flexibility index (Phi) is 8.49. The highest BCUT2D eigenvalue weighted by Crippen LogP contribution is 2.39. The van der Waals surface area contributed by atoms with Gasteiger partial charge in [0.1, 0.15) is 18.1 Å². The van der Waals surface area contributed by atoms with E-state index in [4.69, 9.17) is 0 Å². The molecule has 3 unspecified atom stereocenters. The van der Waals surface area contributed by atoms with Gasteiger partial charge in [0.15, 0.2) is 5.01 Å². The number of rotatable bonds is 8. The third-order valence-electron chi connectivity index (χ3n) is 5.81.